The second-order valence-electron chi connectivity index (χ2n) is 8.74. The second-order valence-corrected chi connectivity index (χ2v) is 8.74. The van der Waals surface area contributed by atoms with Crippen LogP contribution in [0.3, 0.4) is 0 Å². The Labute approximate surface area is 171 Å². The third-order valence-corrected chi connectivity index (χ3v) is 6.36. The third kappa shape index (κ3) is 4.98. The maximum Gasteiger partial charge on any atom is 0.231 e. The quantitative estimate of drug-likeness (QED) is 0.650. The van der Waals surface area contributed by atoms with Gasteiger partial charge in [0, 0.05) is 30.4 Å². The van der Waals surface area contributed by atoms with Gasteiger partial charge in [-0.3, -0.25) is 14.4 Å². The molecule has 2 saturated carbocycles. The zero-order valence-electron chi connectivity index (χ0n) is 17.0. The molecule has 0 aromatic heterocycles. The second kappa shape index (κ2) is 8.56. The Morgan fingerprint density at radius 1 is 1.03 bits per heavy atom. The lowest BCUT2D eigenvalue weighted by Crippen LogP contribution is -2.23. The minimum Gasteiger partial charge on any atom is -0.454 e. The van der Waals surface area contributed by atoms with Gasteiger partial charge >= 0.3 is 0 Å². The molecule has 1 aliphatic heterocycles. The van der Waals surface area contributed by atoms with E-state index in [1.807, 2.05) is 0 Å². The van der Waals surface area contributed by atoms with Crippen LogP contribution >= 0.6 is 0 Å². The number of ketones is 2. The molecule has 6 heteroatoms. The summed E-state index contributed by atoms with van der Waals surface area (Å²) in [4.78, 5) is 36.6. The molecule has 0 bridgehead atoms. The molecule has 6 nitrogen and oxygen atoms in total. The van der Waals surface area contributed by atoms with Gasteiger partial charge in [0.05, 0.1) is 5.69 Å². The van der Waals surface area contributed by atoms with Crippen molar-refractivity contribution < 1.29 is 23.9 Å². The van der Waals surface area contributed by atoms with Crippen LogP contribution in [0.2, 0.25) is 0 Å². The number of fused-ring (bicyclic) bond motifs is 1. The number of benzene rings is 1. The summed E-state index contributed by atoms with van der Waals surface area (Å²) in [7, 11) is 0. The first-order valence-corrected chi connectivity index (χ1v) is 10.8. The number of amides is 1. The molecule has 0 radical (unpaired) electrons. The fraction of sp³-hybridized carbons (Fsp3) is 0.609. The van der Waals surface area contributed by atoms with Gasteiger partial charge in [-0.1, -0.05) is 12.8 Å². The zero-order chi connectivity index (χ0) is 20.4. The lowest BCUT2D eigenvalue weighted by Gasteiger charge is -2.28. The van der Waals surface area contributed by atoms with Crippen LogP contribution in [-0.4, -0.2) is 24.3 Å². The summed E-state index contributed by atoms with van der Waals surface area (Å²) in [5.74, 6) is 2.53. The third-order valence-electron chi connectivity index (χ3n) is 6.36. The molecular formula is C23H29NO5. The number of anilines is 1. The standard InChI is InChI=1S/C23H29NO5/c1-14(25)18-11-21-22(29-13-28-21)12-19(18)24-23(27)10-16-4-2-3-15(9-16)5-8-20(26)17-6-7-17/h11-12,15-17H,2-10,13H2,1H3,(H,24,27). The number of hydrogen-bond acceptors (Lipinski definition) is 5. The first-order chi connectivity index (χ1) is 14.0. The summed E-state index contributed by atoms with van der Waals surface area (Å²) in [6.45, 7) is 1.60. The van der Waals surface area contributed by atoms with Crippen LogP contribution in [0.5, 0.6) is 11.5 Å². The Balaban J connectivity index is 1.32. The number of hydrogen-bond donors (Lipinski definition) is 1. The highest BCUT2D eigenvalue weighted by Crippen LogP contribution is 2.39. The van der Waals surface area contributed by atoms with Crippen LogP contribution in [0.4, 0.5) is 5.69 Å². The summed E-state index contributed by atoms with van der Waals surface area (Å²) < 4.78 is 10.7. The van der Waals surface area contributed by atoms with Crippen molar-refractivity contribution in [3.8, 4) is 11.5 Å². The number of ether oxygens (including phenoxy) is 2. The van der Waals surface area contributed by atoms with E-state index in [1.165, 1.54) is 6.92 Å². The average Bonchev–Trinajstić information content (AvgIpc) is 3.44. The highest BCUT2D eigenvalue weighted by atomic mass is 16.7. The maximum atomic E-state index is 12.7. The van der Waals surface area contributed by atoms with Gasteiger partial charge in [-0.05, 0) is 56.9 Å². The largest absolute Gasteiger partial charge is 0.454 e. The van der Waals surface area contributed by atoms with Crippen LogP contribution in [0.1, 0.15) is 75.1 Å². The van der Waals surface area contributed by atoms with Gasteiger partial charge in [0.25, 0.3) is 0 Å². The van der Waals surface area contributed by atoms with E-state index < -0.39 is 0 Å². The van der Waals surface area contributed by atoms with E-state index >= 15 is 0 Å². The van der Waals surface area contributed by atoms with Gasteiger partial charge in [0.2, 0.25) is 12.7 Å². The number of Topliss-reactive ketones (excluding diaryl/α,β-unsaturated/α-hetero) is 2. The van der Waals surface area contributed by atoms with Crippen molar-refractivity contribution in [1.82, 2.24) is 0 Å². The molecule has 4 rings (SSSR count). The Bertz CT molecular complexity index is 814. The van der Waals surface area contributed by atoms with E-state index in [2.05, 4.69) is 5.32 Å². The van der Waals surface area contributed by atoms with E-state index in [0.717, 1.165) is 44.9 Å². The Kier molecular flexibility index (Phi) is 5.88. The van der Waals surface area contributed by atoms with Gasteiger partial charge in [-0.15, -0.1) is 0 Å². The van der Waals surface area contributed by atoms with Crippen LogP contribution in [0, 0.1) is 17.8 Å². The number of carbonyl (C=O) groups excluding carboxylic acids is 3. The fourth-order valence-corrected chi connectivity index (χ4v) is 4.61. The molecule has 0 spiro atoms. The summed E-state index contributed by atoms with van der Waals surface area (Å²) in [6, 6.07) is 3.30. The topological polar surface area (TPSA) is 81.7 Å². The molecule has 0 saturated heterocycles. The van der Waals surface area contributed by atoms with Gasteiger partial charge in [-0.25, -0.2) is 0 Å². The molecule has 1 heterocycles. The monoisotopic (exact) mass is 399 g/mol. The van der Waals surface area contributed by atoms with Crippen molar-refractivity contribution in [2.24, 2.45) is 17.8 Å². The number of nitrogens with one attached hydrogen (secondary N) is 1. The van der Waals surface area contributed by atoms with E-state index in [9.17, 15) is 14.4 Å². The van der Waals surface area contributed by atoms with E-state index in [1.54, 1.807) is 12.1 Å². The Hall–Kier alpha value is -2.37. The molecule has 1 amide bonds. The first-order valence-electron chi connectivity index (χ1n) is 10.8. The van der Waals surface area contributed by atoms with Crippen LogP contribution in [0.25, 0.3) is 0 Å². The fourth-order valence-electron chi connectivity index (χ4n) is 4.61. The molecule has 1 aromatic rings. The van der Waals surface area contributed by atoms with Gasteiger partial charge in [-0.2, -0.15) is 0 Å². The summed E-state index contributed by atoms with van der Waals surface area (Å²) in [5.41, 5.74) is 0.914. The summed E-state index contributed by atoms with van der Waals surface area (Å²) >= 11 is 0. The molecule has 2 aliphatic carbocycles. The molecule has 3 aliphatic rings. The molecular weight excluding hydrogens is 370 g/mol. The SMILES string of the molecule is CC(=O)c1cc2c(cc1NC(=O)CC1CCCC(CCC(=O)C3CC3)C1)OCO2. The Morgan fingerprint density at radius 3 is 2.48 bits per heavy atom. The lowest BCUT2D eigenvalue weighted by molar-refractivity contribution is -0.121. The van der Waals surface area contributed by atoms with E-state index in [4.69, 9.17) is 9.47 Å². The minimum absolute atomic E-state index is 0.0777. The molecule has 2 unspecified atom stereocenters. The molecule has 156 valence electrons. The zero-order valence-corrected chi connectivity index (χ0v) is 17.0. The molecule has 29 heavy (non-hydrogen) atoms. The van der Waals surface area contributed by atoms with Crippen molar-refractivity contribution in [3.63, 3.8) is 0 Å². The lowest BCUT2D eigenvalue weighted by atomic mass is 9.77. The van der Waals surface area contributed by atoms with Crippen molar-refractivity contribution in [3.05, 3.63) is 17.7 Å². The Morgan fingerprint density at radius 2 is 1.76 bits per heavy atom. The highest BCUT2D eigenvalue weighted by molar-refractivity contribution is 6.04. The van der Waals surface area contributed by atoms with Crippen molar-refractivity contribution in [2.75, 3.05) is 12.1 Å². The van der Waals surface area contributed by atoms with E-state index in [0.29, 0.717) is 59.1 Å². The number of rotatable bonds is 8. The maximum absolute atomic E-state index is 12.7. The normalized spacial score (nSPS) is 22.9. The van der Waals surface area contributed by atoms with Gasteiger partial charge in [0.15, 0.2) is 17.3 Å². The predicted molar refractivity (Wildman–Crippen MR) is 108 cm³/mol. The van der Waals surface area contributed by atoms with Crippen molar-refractivity contribution >= 4 is 23.2 Å². The van der Waals surface area contributed by atoms with Crippen LogP contribution in [0.15, 0.2) is 12.1 Å². The molecule has 1 N–H and O–H groups in total. The smallest absolute Gasteiger partial charge is 0.231 e. The average molecular weight is 399 g/mol. The van der Waals surface area contributed by atoms with Gasteiger partial charge < -0.3 is 14.8 Å². The highest BCUT2D eigenvalue weighted by Gasteiger charge is 2.31. The summed E-state index contributed by atoms with van der Waals surface area (Å²) in [6.07, 6.45) is 8.59. The summed E-state index contributed by atoms with van der Waals surface area (Å²) in [5, 5.41) is 2.91. The van der Waals surface area contributed by atoms with Gasteiger partial charge in [0.1, 0.15) is 5.78 Å². The predicted octanol–water partition coefficient (Wildman–Crippen LogP) is 4.51. The van der Waals surface area contributed by atoms with Crippen molar-refractivity contribution in [1.29, 1.82) is 0 Å². The first kappa shape index (κ1) is 19.9. The van der Waals surface area contributed by atoms with Crippen LogP contribution in [-0.2, 0) is 9.59 Å². The van der Waals surface area contributed by atoms with E-state index in [-0.39, 0.29) is 18.5 Å². The molecule has 2 atom stereocenters. The minimum atomic E-state index is -0.128. The molecule has 2 fully saturated rings. The van der Waals surface area contributed by atoms with Crippen molar-refractivity contribution in [2.45, 2.75) is 64.7 Å². The van der Waals surface area contributed by atoms with Crippen LogP contribution < -0.4 is 14.8 Å². The number of carbonyl (C=O) groups is 3. The molecule has 1 aromatic carbocycles.